The molecular weight excluding hydrogens is 151 g/mol. The van der Waals surface area contributed by atoms with E-state index in [4.69, 9.17) is 0 Å². The Morgan fingerprint density at radius 2 is 1.58 bits per heavy atom. The standard InChI is InChI=1S/C11H15F/c1-8-4-6-11(7-5-8)9(2)10(3)12/h4-7,9-10H,1-3H3/t9-,10?/m0/s1. The summed E-state index contributed by atoms with van der Waals surface area (Å²) in [6, 6.07) is 8.04. The van der Waals surface area contributed by atoms with Crippen LogP contribution in [0.3, 0.4) is 0 Å². The topological polar surface area (TPSA) is 0 Å². The van der Waals surface area contributed by atoms with E-state index in [1.807, 2.05) is 38.1 Å². The third kappa shape index (κ3) is 2.07. The first kappa shape index (κ1) is 9.24. The van der Waals surface area contributed by atoms with Crippen LogP contribution in [0.25, 0.3) is 0 Å². The molecule has 0 aliphatic carbocycles. The fourth-order valence-electron chi connectivity index (χ4n) is 1.14. The first-order valence-electron chi connectivity index (χ1n) is 4.32. The van der Waals surface area contributed by atoms with Gasteiger partial charge in [-0.05, 0) is 19.4 Å². The minimum Gasteiger partial charge on any atom is -0.247 e. The maximum atomic E-state index is 12.9. The predicted molar refractivity (Wildman–Crippen MR) is 50.2 cm³/mol. The van der Waals surface area contributed by atoms with Gasteiger partial charge in [0, 0.05) is 5.92 Å². The summed E-state index contributed by atoms with van der Waals surface area (Å²) in [6.45, 7) is 5.55. The molecule has 1 heteroatoms. The van der Waals surface area contributed by atoms with Gasteiger partial charge in [-0.1, -0.05) is 36.8 Å². The number of hydrogen-bond donors (Lipinski definition) is 0. The molecule has 0 N–H and O–H groups in total. The lowest BCUT2D eigenvalue weighted by Crippen LogP contribution is -2.05. The number of benzene rings is 1. The highest BCUT2D eigenvalue weighted by atomic mass is 19.1. The van der Waals surface area contributed by atoms with Crippen LogP contribution in [0, 0.1) is 6.92 Å². The molecule has 0 fully saturated rings. The fourth-order valence-corrected chi connectivity index (χ4v) is 1.14. The minimum absolute atomic E-state index is 0.00519. The second kappa shape index (κ2) is 3.70. The largest absolute Gasteiger partial charge is 0.247 e. The van der Waals surface area contributed by atoms with Crippen molar-refractivity contribution in [2.45, 2.75) is 32.9 Å². The average Bonchev–Trinajstić information content (AvgIpc) is 2.04. The molecule has 1 aromatic rings. The fraction of sp³-hybridized carbons (Fsp3) is 0.455. The second-order valence-corrected chi connectivity index (χ2v) is 3.38. The summed E-state index contributed by atoms with van der Waals surface area (Å²) in [4.78, 5) is 0. The Hall–Kier alpha value is -0.850. The Bertz CT molecular complexity index is 236. The van der Waals surface area contributed by atoms with Crippen LogP contribution in [0.4, 0.5) is 4.39 Å². The number of hydrogen-bond acceptors (Lipinski definition) is 0. The van der Waals surface area contributed by atoms with E-state index in [0.717, 1.165) is 5.56 Å². The van der Waals surface area contributed by atoms with E-state index in [-0.39, 0.29) is 5.92 Å². The molecule has 66 valence electrons. The molecule has 0 spiro atoms. The number of rotatable bonds is 2. The Labute approximate surface area is 73.4 Å². The molecule has 0 radical (unpaired) electrons. The van der Waals surface area contributed by atoms with Crippen LogP contribution in [-0.2, 0) is 0 Å². The van der Waals surface area contributed by atoms with Crippen molar-refractivity contribution in [3.8, 4) is 0 Å². The Morgan fingerprint density at radius 3 is 2.00 bits per heavy atom. The van der Waals surface area contributed by atoms with Gasteiger partial charge in [0.1, 0.15) is 6.17 Å². The van der Waals surface area contributed by atoms with Crippen molar-refractivity contribution in [1.29, 1.82) is 0 Å². The summed E-state index contributed by atoms with van der Waals surface area (Å²) in [5, 5.41) is 0. The van der Waals surface area contributed by atoms with E-state index < -0.39 is 6.17 Å². The molecule has 0 aromatic heterocycles. The van der Waals surface area contributed by atoms with Gasteiger partial charge in [0.25, 0.3) is 0 Å². The van der Waals surface area contributed by atoms with Gasteiger partial charge in [0.15, 0.2) is 0 Å². The van der Waals surface area contributed by atoms with E-state index in [9.17, 15) is 4.39 Å². The zero-order chi connectivity index (χ0) is 9.14. The molecule has 12 heavy (non-hydrogen) atoms. The summed E-state index contributed by atoms with van der Waals surface area (Å²) < 4.78 is 12.9. The van der Waals surface area contributed by atoms with Crippen LogP contribution >= 0.6 is 0 Å². The zero-order valence-corrected chi connectivity index (χ0v) is 7.84. The third-order valence-corrected chi connectivity index (χ3v) is 2.29. The first-order chi connectivity index (χ1) is 5.61. The monoisotopic (exact) mass is 166 g/mol. The van der Waals surface area contributed by atoms with Crippen molar-refractivity contribution in [1.82, 2.24) is 0 Å². The van der Waals surface area contributed by atoms with Crippen molar-refractivity contribution >= 4 is 0 Å². The maximum absolute atomic E-state index is 12.9. The lowest BCUT2D eigenvalue weighted by atomic mass is 9.96. The summed E-state index contributed by atoms with van der Waals surface area (Å²) >= 11 is 0. The first-order valence-corrected chi connectivity index (χ1v) is 4.32. The average molecular weight is 166 g/mol. The highest BCUT2D eigenvalue weighted by molar-refractivity contribution is 5.24. The van der Waals surface area contributed by atoms with Gasteiger partial charge in [0.2, 0.25) is 0 Å². The van der Waals surface area contributed by atoms with Crippen molar-refractivity contribution < 1.29 is 4.39 Å². The van der Waals surface area contributed by atoms with E-state index in [1.54, 1.807) is 6.92 Å². The molecular formula is C11H15F. The highest BCUT2D eigenvalue weighted by Gasteiger charge is 2.11. The second-order valence-electron chi connectivity index (χ2n) is 3.38. The van der Waals surface area contributed by atoms with Crippen molar-refractivity contribution in [3.63, 3.8) is 0 Å². The van der Waals surface area contributed by atoms with E-state index in [0.29, 0.717) is 0 Å². The molecule has 0 saturated heterocycles. The van der Waals surface area contributed by atoms with Crippen molar-refractivity contribution in [3.05, 3.63) is 35.4 Å². The molecule has 1 rings (SSSR count). The maximum Gasteiger partial charge on any atom is 0.104 e. The Morgan fingerprint density at radius 1 is 1.08 bits per heavy atom. The van der Waals surface area contributed by atoms with Gasteiger partial charge in [-0.25, -0.2) is 4.39 Å². The molecule has 1 unspecified atom stereocenters. The van der Waals surface area contributed by atoms with Crippen LogP contribution in [0.1, 0.15) is 30.9 Å². The van der Waals surface area contributed by atoms with Crippen LogP contribution in [0.2, 0.25) is 0 Å². The quantitative estimate of drug-likeness (QED) is 0.631. The summed E-state index contributed by atoms with van der Waals surface area (Å²) in [6.07, 6.45) is -0.771. The highest BCUT2D eigenvalue weighted by Crippen LogP contribution is 2.21. The Balaban J connectivity index is 2.82. The molecule has 0 aliphatic rings. The van der Waals surface area contributed by atoms with Gasteiger partial charge in [-0.15, -0.1) is 0 Å². The lowest BCUT2D eigenvalue weighted by Gasteiger charge is -2.12. The van der Waals surface area contributed by atoms with Gasteiger partial charge in [-0.2, -0.15) is 0 Å². The molecule has 1 aromatic carbocycles. The van der Waals surface area contributed by atoms with Crippen molar-refractivity contribution in [2.75, 3.05) is 0 Å². The van der Waals surface area contributed by atoms with Gasteiger partial charge in [0.05, 0.1) is 0 Å². The van der Waals surface area contributed by atoms with Gasteiger partial charge >= 0.3 is 0 Å². The van der Waals surface area contributed by atoms with Crippen molar-refractivity contribution in [2.24, 2.45) is 0 Å². The van der Waals surface area contributed by atoms with Crippen LogP contribution < -0.4 is 0 Å². The molecule has 0 aliphatic heterocycles. The molecule has 0 heterocycles. The summed E-state index contributed by atoms with van der Waals surface area (Å²) in [7, 11) is 0. The summed E-state index contributed by atoms with van der Waals surface area (Å²) in [5.74, 6) is 0.00519. The molecule has 0 saturated carbocycles. The third-order valence-electron chi connectivity index (χ3n) is 2.29. The van der Waals surface area contributed by atoms with E-state index >= 15 is 0 Å². The normalized spacial score (nSPS) is 15.7. The lowest BCUT2D eigenvalue weighted by molar-refractivity contribution is 0.317. The van der Waals surface area contributed by atoms with Crippen LogP contribution in [0.5, 0.6) is 0 Å². The predicted octanol–water partition coefficient (Wildman–Crippen LogP) is 3.46. The van der Waals surface area contributed by atoms with Gasteiger partial charge < -0.3 is 0 Å². The SMILES string of the molecule is Cc1ccc([C@@H](C)C(C)F)cc1. The number of halogens is 1. The molecule has 2 atom stereocenters. The van der Waals surface area contributed by atoms with Crippen LogP contribution in [-0.4, -0.2) is 6.17 Å². The number of alkyl halides is 1. The molecule has 0 nitrogen and oxygen atoms in total. The smallest absolute Gasteiger partial charge is 0.104 e. The molecule has 0 amide bonds. The van der Waals surface area contributed by atoms with E-state index in [2.05, 4.69) is 0 Å². The van der Waals surface area contributed by atoms with Crippen LogP contribution in [0.15, 0.2) is 24.3 Å². The zero-order valence-electron chi connectivity index (χ0n) is 7.84. The molecule has 0 bridgehead atoms. The summed E-state index contributed by atoms with van der Waals surface area (Å²) in [5.41, 5.74) is 2.30. The minimum atomic E-state index is -0.771. The van der Waals surface area contributed by atoms with E-state index in [1.165, 1.54) is 5.56 Å². The number of aryl methyl sites for hydroxylation is 1. The van der Waals surface area contributed by atoms with Gasteiger partial charge in [-0.3, -0.25) is 0 Å². The Kier molecular flexibility index (Phi) is 2.85.